The standard InChI is InChI=1S/C13H20N2O3S/c1-3-8-15(4-2)9-7-14-12(16)10-5-6-11(19-10)13(17)18/h5-6H,3-4,7-9H2,1-2H3,(H,14,16)(H,17,18). The number of carboxylic acid groups (broad SMARTS) is 1. The third-order valence-corrected chi connectivity index (χ3v) is 3.81. The Balaban J connectivity index is 2.40. The van der Waals surface area contributed by atoms with Gasteiger partial charge in [0.15, 0.2) is 0 Å². The molecule has 1 aromatic rings. The van der Waals surface area contributed by atoms with Crippen molar-refractivity contribution in [2.75, 3.05) is 26.2 Å². The first-order valence-corrected chi connectivity index (χ1v) is 7.23. The maximum absolute atomic E-state index is 11.8. The van der Waals surface area contributed by atoms with Gasteiger partial charge in [0.2, 0.25) is 0 Å². The zero-order chi connectivity index (χ0) is 14.3. The molecule has 106 valence electrons. The highest BCUT2D eigenvalue weighted by Gasteiger charge is 2.12. The molecule has 1 aromatic heterocycles. The second-order valence-corrected chi connectivity index (χ2v) is 5.24. The Morgan fingerprint density at radius 1 is 1.26 bits per heavy atom. The van der Waals surface area contributed by atoms with Gasteiger partial charge in [-0.1, -0.05) is 13.8 Å². The minimum atomic E-state index is -0.996. The lowest BCUT2D eigenvalue weighted by atomic mass is 10.4. The number of rotatable bonds is 8. The molecule has 1 rings (SSSR count). The quantitative estimate of drug-likeness (QED) is 0.765. The Morgan fingerprint density at radius 2 is 1.95 bits per heavy atom. The summed E-state index contributed by atoms with van der Waals surface area (Å²) in [5.74, 6) is -1.20. The molecule has 0 aliphatic carbocycles. The van der Waals surface area contributed by atoms with Crippen molar-refractivity contribution in [1.29, 1.82) is 0 Å². The molecule has 0 fully saturated rings. The van der Waals surface area contributed by atoms with Crippen molar-refractivity contribution in [3.05, 3.63) is 21.9 Å². The maximum Gasteiger partial charge on any atom is 0.345 e. The van der Waals surface area contributed by atoms with Crippen LogP contribution in [0, 0.1) is 0 Å². The summed E-state index contributed by atoms with van der Waals surface area (Å²) in [4.78, 5) is 25.4. The summed E-state index contributed by atoms with van der Waals surface area (Å²) in [6, 6.07) is 3.00. The molecular formula is C13H20N2O3S. The fourth-order valence-electron chi connectivity index (χ4n) is 1.73. The number of nitrogens with zero attached hydrogens (tertiary/aromatic N) is 1. The van der Waals surface area contributed by atoms with Crippen LogP contribution >= 0.6 is 11.3 Å². The second-order valence-electron chi connectivity index (χ2n) is 4.16. The Morgan fingerprint density at radius 3 is 2.47 bits per heavy atom. The lowest BCUT2D eigenvalue weighted by Crippen LogP contribution is -2.35. The Kier molecular flexibility index (Phi) is 6.52. The molecule has 19 heavy (non-hydrogen) atoms. The van der Waals surface area contributed by atoms with E-state index in [9.17, 15) is 9.59 Å². The number of carbonyl (C=O) groups excluding carboxylic acids is 1. The van der Waals surface area contributed by atoms with Gasteiger partial charge in [-0.25, -0.2) is 4.79 Å². The molecule has 0 aliphatic rings. The Bertz CT molecular complexity index is 431. The van der Waals surface area contributed by atoms with E-state index in [4.69, 9.17) is 5.11 Å². The van der Waals surface area contributed by atoms with Gasteiger partial charge in [0.1, 0.15) is 4.88 Å². The normalized spacial score (nSPS) is 10.7. The smallest absolute Gasteiger partial charge is 0.345 e. The van der Waals surface area contributed by atoms with Crippen molar-refractivity contribution in [3.8, 4) is 0 Å². The highest BCUT2D eigenvalue weighted by atomic mass is 32.1. The minimum absolute atomic E-state index is 0.186. The van der Waals surface area contributed by atoms with E-state index in [1.807, 2.05) is 0 Å². The monoisotopic (exact) mass is 284 g/mol. The van der Waals surface area contributed by atoms with Crippen LogP contribution in [0.2, 0.25) is 0 Å². The first-order valence-electron chi connectivity index (χ1n) is 6.42. The topological polar surface area (TPSA) is 69.6 Å². The number of carbonyl (C=O) groups is 2. The molecule has 1 amide bonds. The molecule has 0 aliphatic heterocycles. The van der Waals surface area contributed by atoms with Crippen LogP contribution in [0.25, 0.3) is 0 Å². The van der Waals surface area contributed by atoms with E-state index in [1.54, 1.807) is 6.07 Å². The fraction of sp³-hybridized carbons (Fsp3) is 0.538. The molecule has 0 aromatic carbocycles. The number of hydrogen-bond donors (Lipinski definition) is 2. The molecule has 2 N–H and O–H groups in total. The predicted octanol–water partition coefficient (Wildman–Crippen LogP) is 1.91. The second kappa shape index (κ2) is 7.91. The molecule has 6 heteroatoms. The van der Waals surface area contributed by atoms with Gasteiger partial charge in [-0.15, -0.1) is 11.3 Å². The summed E-state index contributed by atoms with van der Waals surface area (Å²) in [6.45, 7) is 7.59. The van der Waals surface area contributed by atoms with Crippen molar-refractivity contribution in [1.82, 2.24) is 10.2 Å². The van der Waals surface area contributed by atoms with Crippen molar-refractivity contribution in [3.63, 3.8) is 0 Å². The number of nitrogens with one attached hydrogen (secondary N) is 1. The number of likely N-dealkylation sites (N-methyl/N-ethyl adjacent to an activating group) is 1. The summed E-state index contributed by atoms with van der Waals surface area (Å²) in [6.07, 6.45) is 1.09. The molecule has 0 saturated carbocycles. The Hall–Kier alpha value is -1.40. The summed E-state index contributed by atoms with van der Waals surface area (Å²) >= 11 is 0.999. The third-order valence-electron chi connectivity index (χ3n) is 2.74. The molecule has 5 nitrogen and oxygen atoms in total. The van der Waals surface area contributed by atoms with Gasteiger partial charge in [-0.05, 0) is 31.6 Å². The molecule has 0 saturated heterocycles. The van der Waals surface area contributed by atoms with Crippen LogP contribution < -0.4 is 5.32 Å². The summed E-state index contributed by atoms with van der Waals surface area (Å²) in [5.41, 5.74) is 0. The Labute approximate surface area is 117 Å². The van der Waals surface area contributed by atoms with Crippen LogP contribution in [0.5, 0.6) is 0 Å². The van der Waals surface area contributed by atoms with E-state index >= 15 is 0 Å². The lowest BCUT2D eigenvalue weighted by molar-refractivity contribution is 0.0702. The first-order chi connectivity index (χ1) is 9.08. The van der Waals surface area contributed by atoms with E-state index in [1.165, 1.54) is 6.07 Å². The highest BCUT2D eigenvalue weighted by molar-refractivity contribution is 7.15. The molecule has 1 heterocycles. The van der Waals surface area contributed by atoms with E-state index in [-0.39, 0.29) is 10.8 Å². The van der Waals surface area contributed by atoms with Crippen molar-refractivity contribution >= 4 is 23.2 Å². The average molecular weight is 284 g/mol. The number of thiophene rings is 1. The third kappa shape index (κ3) is 5.00. The van der Waals surface area contributed by atoms with Gasteiger partial charge in [0, 0.05) is 13.1 Å². The zero-order valence-corrected chi connectivity index (χ0v) is 12.1. The van der Waals surface area contributed by atoms with Gasteiger partial charge >= 0.3 is 5.97 Å². The summed E-state index contributed by atoms with van der Waals surface area (Å²) < 4.78 is 0. The molecule has 0 bridgehead atoms. The van der Waals surface area contributed by atoms with E-state index in [0.29, 0.717) is 11.4 Å². The van der Waals surface area contributed by atoms with Crippen molar-refractivity contribution < 1.29 is 14.7 Å². The lowest BCUT2D eigenvalue weighted by Gasteiger charge is -2.19. The summed E-state index contributed by atoms with van der Waals surface area (Å²) in [5, 5.41) is 11.6. The number of carboxylic acids is 1. The van der Waals surface area contributed by atoms with Crippen LogP contribution in [0.15, 0.2) is 12.1 Å². The maximum atomic E-state index is 11.8. The van der Waals surface area contributed by atoms with Gasteiger partial charge in [-0.2, -0.15) is 0 Å². The minimum Gasteiger partial charge on any atom is -0.477 e. The van der Waals surface area contributed by atoms with Gasteiger partial charge in [-0.3, -0.25) is 4.79 Å². The molecular weight excluding hydrogens is 264 g/mol. The number of amides is 1. The van der Waals surface area contributed by atoms with E-state index < -0.39 is 5.97 Å². The fourth-order valence-corrected chi connectivity index (χ4v) is 2.50. The van der Waals surface area contributed by atoms with Gasteiger partial charge in [0.25, 0.3) is 5.91 Å². The molecule has 0 spiro atoms. The van der Waals surface area contributed by atoms with E-state index in [2.05, 4.69) is 24.1 Å². The van der Waals surface area contributed by atoms with Crippen LogP contribution in [0.1, 0.15) is 39.6 Å². The van der Waals surface area contributed by atoms with Crippen LogP contribution in [-0.2, 0) is 0 Å². The average Bonchev–Trinajstić information content (AvgIpc) is 2.87. The summed E-state index contributed by atoms with van der Waals surface area (Å²) in [7, 11) is 0. The number of hydrogen-bond acceptors (Lipinski definition) is 4. The highest BCUT2D eigenvalue weighted by Crippen LogP contribution is 2.15. The van der Waals surface area contributed by atoms with E-state index in [0.717, 1.165) is 37.4 Å². The zero-order valence-electron chi connectivity index (χ0n) is 11.3. The van der Waals surface area contributed by atoms with Gasteiger partial charge in [0.05, 0.1) is 4.88 Å². The van der Waals surface area contributed by atoms with Crippen LogP contribution in [0.4, 0.5) is 0 Å². The number of aromatic carboxylic acids is 1. The van der Waals surface area contributed by atoms with Crippen LogP contribution in [0.3, 0.4) is 0 Å². The van der Waals surface area contributed by atoms with Gasteiger partial charge < -0.3 is 15.3 Å². The molecule has 0 atom stereocenters. The molecule has 0 unspecified atom stereocenters. The molecule has 0 radical (unpaired) electrons. The first kappa shape index (κ1) is 15.7. The van der Waals surface area contributed by atoms with Crippen LogP contribution in [-0.4, -0.2) is 48.1 Å². The van der Waals surface area contributed by atoms with Crippen molar-refractivity contribution in [2.24, 2.45) is 0 Å². The largest absolute Gasteiger partial charge is 0.477 e. The SMILES string of the molecule is CCCN(CC)CCNC(=O)c1ccc(C(=O)O)s1. The predicted molar refractivity (Wildman–Crippen MR) is 76.0 cm³/mol. The van der Waals surface area contributed by atoms with Crippen molar-refractivity contribution in [2.45, 2.75) is 20.3 Å².